The number of nitrogens with one attached hydrogen (secondary N) is 6. The summed E-state index contributed by atoms with van der Waals surface area (Å²) >= 11 is 1.56. The summed E-state index contributed by atoms with van der Waals surface area (Å²) in [5.74, 6) is -1.89. The third-order valence-electron chi connectivity index (χ3n) is 11.3. The quantitative estimate of drug-likeness (QED) is 0.0434. The molecule has 3 aromatic carbocycles. The largest absolute Gasteiger partial charge is 0.391 e. The Morgan fingerprint density at radius 1 is 0.953 bits per heavy atom. The number of aryl methyl sites for hydroxylation is 1. The minimum Gasteiger partial charge on any atom is -0.391 e. The van der Waals surface area contributed by atoms with Crippen molar-refractivity contribution in [2.24, 2.45) is 5.41 Å². The van der Waals surface area contributed by atoms with E-state index in [0.717, 1.165) is 38.7 Å². The number of hydrogen-bond acceptors (Lipinski definition) is 11. The van der Waals surface area contributed by atoms with Crippen molar-refractivity contribution in [3.8, 4) is 16.5 Å². The molecule has 1 fully saturated rings. The predicted octanol–water partition coefficient (Wildman–Crippen LogP) is 6.38. The van der Waals surface area contributed by atoms with E-state index in [0.29, 0.717) is 30.5 Å². The summed E-state index contributed by atoms with van der Waals surface area (Å²) in [4.78, 5) is 73.8. The molecule has 1 unspecified atom stereocenters. The van der Waals surface area contributed by atoms with Gasteiger partial charge >= 0.3 is 0 Å². The lowest BCUT2D eigenvalue weighted by Gasteiger charge is -2.35. The Kier molecular flexibility index (Phi) is 16.2. The summed E-state index contributed by atoms with van der Waals surface area (Å²) in [5, 5.41) is 43.8. The number of aromatic nitrogens is 1. The van der Waals surface area contributed by atoms with Crippen LogP contribution in [0.5, 0.6) is 0 Å². The number of nitriles is 1. The second kappa shape index (κ2) is 21.3. The number of benzene rings is 3. The lowest BCUT2D eigenvalue weighted by molar-refractivity contribution is -0.144. The van der Waals surface area contributed by atoms with Gasteiger partial charge in [0.25, 0.3) is 0 Å². The molecule has 2 heterocycles. The SMILES string of the molecule is Cc1ncsc1-c1ccc(C(C)NC(=O)[C@@H]2C[C@@H](O)CN2C(=O)[C@@H](NC(=O)CCCCCC(=O)N/C(C=N)=C/NC(C)(C)C(=O)Nc2ccc(C#N)c3ccccc23)C(C)(C)C)cc1. The van der Waals surface area contributed by atoms with E-state index in [1.54, 1.807) is 42.8 Å². The minimum atomic E-state index is -1.15. The van der Waals surface area contributed by atoms with Crippen LogP contribution in [-0.4, -0.2) is 81.0 Å². The number of aliphatic hydroxyl groups excluding tert-OH is 1. The molecule has 0 bridgehead atoms. The summed E-state index contributed by atoms with van der Waals surface area (Å²) in [6.07, 6.45) is 3.23. The van der Waals surface area contributed by atoms with Gasteiger partial charge in [-0.1, -0.05) is 75.7 Å². The van der Waals surface area contributed by atoms with Crippen molar-refractivity contribution >= 4 is 63.5 Å². The van der Waals surface area contributed by atoms with Crippen LogP contribution in [0.15, 0.2) is 78.1 Å². The number of hydrogen-bond donors (Lipinski definition) is 7. The molecule has 0 saturated carbocycles. The summed E-state index contributed by atoms with van der Waals surface area (Å²) < 4.78 is 0. The molecule has 4 atom stereocenters. The number of fused-ring (bicyclic) bond motifs is 1. The molecule has 16 heteroatoms. The van der Waals surface area contributed by atoms with Crippen LogP contribution >= 0.6 is 11.3 Å². The van der Waals surface area contributed by atoms with Crippen LogP contribution in [-0.2, 0) is 24.0 Å². The Bertz CT molecular complexity index is 2430. The Labute approximate surface area is 378 Å². The lowest BCUT2D eigenvalue weighted by atomic mass is 9.85. The zero-order valence-electron chi connectivity index (χ0n) is 37.5. The Morgan fingerprint density at radius 2 is 1.62 bits per heavy atom. The number of rotatable bonds is 18. The molecule has 0 spiro atoms. The summed E-state index contributed by atoms with van der Waals surface area (Å²) in [6.45, 7) is 12.6. The highest BCUT2D eigenvalue weighted by Gasteiger charge is 2.44. The Morgan fingerprint density at radius 3 is 2.25 bits per heavy atom. The number of thiazole rings is 1. The average molecular weight is 890 g/mol. The molecule has 5 amide bonds. The first-order valence-electron chi connectivity index (χ1n) is 21.4. The van der Waals surface area contributed by atoms with Crippen LogP contribution in [0, 0.1) is 29.1 Å². The molecule has 4 aromatic rings. The fourth-order valence-electron chi connectivity index (χ4n) is 7.44. The number of allylic oxidation sites excluding steroid dienone is 1. The van der Waals surface area contributed by atoms with Gasteiger partial charge < -0.3 is 42.0 Å². The Balaban J connectivity index is 1.07. The second-order valence-electron chi connectivity index (χ2n) is 17.8. The molecule has 5 rings (SSSR count). The fourth-order valence-corrected chi connectivity index (χ4v) is 8.25. The number of aliphatic hydroxyl groups is 1. The zero-order chi connectivity index (χ0) is 46.8. The molecule has 7 N–H and O–H groups in total. The molecule has 0 aliphatic carbocycles. The minimum absolute atomic E-state index is 0.0335. The van der Waals surface area contributed by atoms with Gasteiger partial charge in [-0.3, -0.25) is 24.0 Å². The van der Waals surface area contributed by atoms with Gasteiger partial charge in [0.2, 0.25) is 29.5 Å². The summed E-state index contributed by atoms with van der Waals surface area (Å²) in [6, 6.07) is 18.4. The van der Waals surface area contributed by atoms with Crippen LogP contribution in [0.2, 0.25) is 0 Å². The van der Waals surface area contributed by atoms with E-state index in [1.807, 2.05) is 83.1 Å². The van der Waals surface area contributed by atoms with Crippen molar-refractivity contribution in [3.05, 3.63) is 94.9 Å². The van der Waals surface area contributed by atoms with Crippen molar-refractivity contribution in [1.82, 2.24) is 31.2 Å². The van der Waals surface area contributed by atoms with E-state index in [9.17, 15) is 34.3 Å². The van der Waals surface area contributed by atoms with Gasteiger partial charge in [-0.15, -0.1) is 11.3 Å². The number of anilines is 1. The maximum Gasteiger partial charge on any atom is 0.249 e. The van der Waals surface area contributed by atoms with Crippen molar-refractivity contribution < 1.29 is 29.1 Å². The highest BCUT2D eigenvalue weighted by atomic mass is 32.1. The topological polar surface area (TPSA) is 229 Å². The molecule has 1 aliphatic heterocycles. The molecule has 1 aromatic heterocycles. The first kappa shape index (κ1) is 48.6. The number of carbonyl (C=O) groups excluding carboxylic acids is 5. The van der Waals surface area contributed by atoms with Gasteiger partial charge in [0.1, 0.15) is 17.6 Å². The smallest absolute Gasteiger partial charge is 0.249 e. The summed E-state index contributed by atoms with van der Waals surface area (Å²) in [7, 11) is 0. The normalized spacial score (nSPS) is 16.3. The van der Waals surface area contributed by atoms with Gasteiger partial charge in [0.15, 0.2) is 0 Å². The van der Waals surface area contributed by atoms with Crippen molar-refractivity contribution in [1.29, 1.82) is 10.7 Å². The van der Waals surface area contributed by atoms with E-state index < -0.39 is 35.0 Å². The van der Waals surface area contributed by atoms with Crippen LogP contribution < -0.4 is 26.6 Å². The summed E-state index contributed by atoms with van der Waals surface area (Å²) in [5.41, 5.74) is 4.02. The average Bonchev–Trinajstić information content (AvgIpc) is 3.88. The first-order chi connectivity index (χ1) is 30.3. The first-order valence-corrected chi connectivity index (χ1v) is 22.3. The third kappa shape index (κ3) is 12.4. The molecular weight excluding hydrogens is 831 g/mol. The van der Waals surface area contributed by atoms with E-state index in [2.05, 4.69) is 37.6 Å². The molecule has 64 heavy (non-hydrogen) atoms. The van der Waals surface area contributed by atoms with Crippen LogP contribution in [0.3, 0.4) is 0 Å². The molecule has 0 radical (unpaired) electrons. The molecule has 1 aliphatic rings. The standard InChI is InChI=1S/C48H59N9O6S/c1-29(31-17-19-32(20-18-31)42-30(2)51-28-64-42)53-44(61)39-23-35(58)27-57(39)45(62)43(47(3,4)5)56-41(60)16-10-8-9-15-40(59)54-34(25-50)26-52-48(6,7)46(63)55-38-22-21-33(24-49)36-13-11-12-14-37(36)38/h11-14,17-22,25-26,28-29,35,39,43,50,52,58H,8-10,15-16,23,27H2,1-7H3,(H,53,61)(H,54,59)(H,55,63)(H,56,60)/b34-26+,50-25?/t29?,35-,39+,43-/m1/s1. The number of unbranched alkanes of at least 4 members (excludes halogenated alkanes) is 2. The number of carbonyl (C=O) groups is 5. The monoisotopic (exact) mass is 889 g/mol. The van der Waals surface area contributed by atoms with Gasteiger partial charge in [0, 0.05) is 54.7 Å². The van der Waals surface area contributed by atoms with Crippen molar-refractivity contribution in [2.45, 2.75) is 117 Å². The number of nitrogens with zero attached hydrogens (tertiary/aromatic N) is 3. The number of likely N-dealkylation sites (tertiary alicyclic amines) is 1. The second-order valence-corrected chi connectivity index (χ2v) is 18.6. The maximum absolute atomic E-state index is 14.1. The van der Waals surface area contributed by atoms with Crippen LogP contribution in [0.25, 0.3) is 21.2 Å². The molecule has 15 nitrogen and oxygen atoms in total. The van der Waals surface area contributed by atoms with E-state index in [1.165, 1.54) is 11.1 Å². The van der Waals surface area contributed by atoms with Crippen LogP contribution in [0.1, 0.15) is 103 Å². The Hall–Kier alpha value is -6.44. The van der Waals surface area contributed by atoms with Gasteiger partial charge in [0.05, 0.1) is 45.6 Å². The van der Waals surface area contributed by atoms with E-state index in [4.69, 9.17) is 5.41 Å². The fraction of sp³-hybridized carbons (Fsp3) is 0.417. The van der Waals surface area contributed by atoms with E-state index >= 15 is 0 Å². The molecular formula is C48H59N9O6S. The molecule has 338 valence electrons. The number of amides is 5. The number of β-amino-alcohol motifs (C(OH)–C–C–N with tert-alkyl or cyclic N) is 1. The maximum atomic E-state index is 14.1. The molecule has 1 saturated heterocycles. The van der Waals surface area contributed by atoms with E-state index in [-0.39, 0.29) is 61.2 Å². The van der Waals surface area contributed by atoms with Crippen LogP contribution in [0.4, 0.5) is 5.69 Å². The van der Waals surface area contributed by atoms with Gasteiger partial charge in [-0.25, -0.2) is 4.98 Å². The zero-order valence-corrected chi connectivity index (χ0v) is 38.3. The third-order valence-corrected chi connectivity index (χ3v) is 12.2. The predicted molar refractivity (Wildman–Crippen MR) is 249 cm³/mol. The van der Waals surface area contributed by atoms with Crippen molar-refractivity contribution in [3.63, 3.8) is 0 Å². The lowest BCUT2D eigenvalue weighted by Crippen LogP contribution is -2.57. The highest BCUT2D eigenvalue weighted by molar-refractivity contribution is 7.13. The van der Waals surface area contributed by atoms with Crippen molar-refractivity contribution in [2.75, 3.05) is 11.9 Å². The van der Waals surface area contributed by atoms with Gasteiger partial charge in [-0.2, -0.15) is 5.26 Å². The van der Waals surface area contributed by atoms with Gasteiger partial charge in [-0.05, 0) is 69.2 Å². The highest BCUT2D eigenvalue weighted by Crippen LogP contribution is 2.30.